The number of aromatic nitrogens is 4. The highest BCUT2D eigenvalue weighted by Gasteiger charge is 2.26. The summed E-state index contributed by atoms with van der Waals surface area (Å²) >= 11 is 0. The van der Waals surface area contributed by atoms with Crippen molar-refractivity contribution in [3.8, 4) is 0 Å². The van der Waals surface area contributed by atoms with Crippen LogP contribution in [0.1, 0.15) is 6.92 Å². The van der Waals surface area contributed by atoms with Crippen LogP contribution in [0.25, 0.3) is 17.4 Å². The van der Waals surface area contributed by atoms with E-state index in [1.165, 1.54) is 18.5 Å². The second kappa shape index (κ2) is 6.97. The molecular formula is C21H18FN7. The fourth-order valence-electron chi connectivity index (χ4n) is 3.53. The molecule has 0 saturated carbocycles. The number of hydrogen-bond acceptors (Lipinski definition) is 6. The first-order valence-electron chi connectivity index (χ1n) is 9.28. The molecule has 2 unspecified atom stereocenters. The van der Waals surface area contributed by atoms with Crippen molar-refractivity contribution >= 4 is 28.9 Å². The van der Waals surface area contributed by atoms with Gasteiger partial charge >= 0.3 is 0 Å². The Morgan fingerprint density at radius 3 is 2.90 bits per heavy atom. The maximum Gasteiger partial charge on any atom is 0.182 e. The summed E-state index contributed by atoms with van der Waals surface area (Å²) in [5, 5.41) is 5.30. The number of rotatable bonds is 4. The summed E-state index contributed by atoms with van der Waals surface area (Å²) in [5.74, 6) is 0.359. The Bertz CT molecular complexity index is 1300. The largest absolute Gasteiger partial charge is 0.362 e. The van der Waals surface area contributed by atoms with E-state index in [0.29, 0.717) is 11.5 Å². The Kier molecular flexibility index (Phi) is 4.16. The molecule has 1 aliphatic rings. The lowest BCUT2D eigenvalue weighted by Crippen LogP contribution is -2.49. The zero-order valence-electron chi connectivity index (χ0n) is 15.6. The third-order valence-electron chi connectivity index (χ3n) is 4.91. The van der Waals surface area contributed by atoms with Gasteiger partial charge in [-0.05, 0) is 31.2 Å². The van der Waals surface area contributed by atoms with Crippen molar-refractivity contribution < 1.29 is 4.39 Å². The Morgan fingerprint density at radius 2 is 2.00 bits per heavy atom. The van der Waals surface area contributed by atoms with Crippen LogP contribution in [0, 0.1) is 5.82 Å². The van der Waals surface area contributed by atoms with Crippen molar-refractivity contribution in [1.29, 1.82) is 0 Å². The van der Waals surface area contributed by atoms with Crippen LogP contribution < -0.4 is 20.8 Å². The van der Waals surface area contributed by atoms with Gasteiger partial charge in [0.25, 0.3) is 0 Å². The lowest BCUT2D eigenvalue weighted by Gasteiger charge is -2.34. The highest BCUT2D eigenvalue weighted by molar-refractivity contribution is 5.82. The van der Waals surface area contributed by atoms with E-state index in [0.717, 1.165) is 21.8 Å². The van der Waals surface area contributed by atoms with Crippen molar-refractivity contribution in [2.24, 2.45) is 4.99 Å². The minimum Gasteiger partial charge on any atom is -0.362 e. The fourth-order valence-corrected chi connectivity index (χ4v) is 3.53. The number of H-pyrrole nitrogens is 1. The molecule has 7 nitrogen and oxygen atoms in total. The normalized spacial score (nSPS) is 16.6. The van der Waals surface area contributed by atoms with Crippen molar-refractivity contribution in [2.45, 2.75) is 19.1 Å². The number of hydrogen-bond donors (Lipinski definition) is 2. The van der Waals surface area contributed by atoms with Gasteiger partial charge in [-0.2, -0.15) is 0 Å². The Balaban J connectivity index is 1.56. The van der Waals surface area contributed by atoms with Gasteiger partial charge in [-0.3, -0.25) is 4.99 Å². The first-order chi connectivity index (χ1) is 14.2. The van der Waals surface area contributed by atoms with Gasteiger partial charge < -0.3 is 15.2 Å². The van der Waals surface area contributed by atoms with E-state index in [-0.39, 0.29) is 18.0 Å². The average Bonchev–Trinajstić information content (AvgIpc) is 3.23. The monoisotopic (exact) mass is 387 g/mol. The van der Waals surface area contributed by atoms with Gasteiger partial charge in [0.05, 0.1) is 17.7 Å². The van der Waals surface area contributed by atoms with E-state index in [1.807, 2.05) is 48.4 Å². The topological polar surface area (TPSA) is 82.1 Å². The minimum absolute atomic E-state index is 0.149. The first kappa shape index (κ1) is 17.3. The number of nitrogens with zero attached hydrogens (tertiary/aromatic N) is 5. The molecule has 0 fully saturated rings. The number of anilines is 2. The third-order valence-corrected chi connectivity index (χ3v) is 4.91. The van der Waals surface area contributed by atoms with Crippen molar-refractivity contribution in [3.05, 3.63) is 77.6 Å². The summed E-state index contributed by atoms with van der Waals surface area (Å²) in [6, 6.07) is 14.3. The summed E-state index contributed by atoms with van der Waals surface area (Å²) in [7, 11) is 0. The number of nitrogens with one attached hydrogen (secondary N) is 2. The van der Waals surface area contributed by atoms with Gasteiger partial charge in [0.2, 0.25) is 0 Å². The lowest BCUT2D eigenvalue weighted by molar-refractivity contribution is 0.581. The number of fused-ring (bicyclic) bond motifs is 2. The van der Waals surface area contributed by atoms with Gasteiger partial charge in [-0.1, -0.05) is 24.3 Å². The van der Waals surface area contributed by atoms with Crippen LogP contribution in [0.15, 0.2) is 66.2 Å². The number of halogens is 1. The molecule has 1 aliphatic heterocycles. The first-order valence-corrected chi connectivity index (χ1v) is 9.28. The molecule has 29 heavy (non-hydrogen) atoms. The third kappa shape index (κ3) is 3.18. The Hall–Kier alpha value is -3.81. The zero-order chi connectivity index (χ0) is 19.8. The predicted octanol–water partition coefficient (Wildman–Crippen LogP) is 2.20. The number of para-hydroxylation sites is 1. The van der Waals surface area contributed by atoms with Crippen LogP contribution in [0.3, 0.4) is 0 Å². The molecule has 8 heteroatoms. The number of benzene rings is 2. The Morgan fingerprint density at radius 1 is 1.10 bits per heavy atom. The second-order valence-electron chi connectivity index (χ2n) is 6.87. The van der Waals surface area contributed by atoms with Gasteiger partial charge in [0.15, 0.2) is 11.5 Å². The summed E-state index contributed by atoms with van der Waals surface area (Å²) in [6.45, 7) is 2.02. The SMILES string of the molecule is CC(Nc1ncnc2nc[nH]c12)C1N=c2ccccc2=CN1c1cccc(F)c1. The summed E-state index contributed by atoms with van der Waals surface area (Å²) < 4.78 is 13.9. The quantitative estimate of drug-likeness (QED) is 0.561. The summed E-state index contributed by atoms with van der Waals surface area (Å²) in [6.07, 6.45) is 4.76. The van der Waals surface area contributed by atoms with Gasteiger partial charge in [-0.15, -0.1) is 0 Å². The van der Waals surface area contributed by atoms with Crippen LogP contribution in [-0.4, -0.2) is 32.1 Å². The highest BCUT2D eigenvalue weighted by atomic mass is 19.1. The maximum atomic E-state index is 13.9. The molecule has 2 N–H and O–H groups in total. The van der Waals surface area contributed by atoms with Crippen molar-refractivity contribution in [3.63, 3.8) is 0 Å². The van der Waals surface area contributed by atoms with Crippen LogP contribution in [0.4, 0.5) is 15.9 Å². The molecule has 2 aromatic heterocycles. The number of imidazole rings is 1. The van der Waals surface area contributed by atoms with Crippen LogP contribution in [0.2, 0.25) is 0 Å². The molecule has 2 atom stereocenters. The summed E-state index contributed by atoms with van der Waals surface area (Å²) in [5.41, 5.74) is 2.06. The van der Waals surface area contributed by atoms with Crippen LogP contribution >= 0.6 is 0 Å². The molecule has 3 heterocycles. The van der Waals surface area contributed by atoms with Gasteiger partial charge in [0, 0.05) is 17.1 Å². The molecule has 0 aliphatic carbocycles. The molecule has 4 aromatic rings. The molecule has 0 bridgehead atoms. The molecule has 5 rings (SSSR count). The smallest absolute Gasteiger partial charge is 0.182 e. The molecule has 0 saturated heterocycles. The Labute approximate surface area is 165 Å². The molecular weight excluding hydrogens is 369 g/mol. The van der Waals surface area contributed by atoms with Crippen LogP contribution in [0.5, 0.6) is 0 Å². The van der Waals surface area contributed by atoms with Crippen LogP contribution in [-0.2, 0) is 0 Å². The molecule has 0 amide bonds. The van der Waals surface area contributed by atoms with E-state index in [2.05, 4.69) is 25.3 Å². The molecule has 0 spiro atoms. The average molecular weight is 387 g/mol. The predicted molar refractivity (Wildman–Crippen MR) is 109 cm³/mol. The van der Waals surface area contributed by atoms with E-state index >= 15 is 0 Å². The molecule has 2 aromatic carbocycles. The number of aromatic amines is 1. The summed E-state index contributed by atoms with van der Waals surface area (Å²) in [4.78, 5) is 22.6. The zero-order valence-corrected chi connectivity index (χ0v) is 15.6. The van der Waals surface area contributed by atoms with E-state index in [4.69, 9.17) is 4.99 Å². The molecule has 0 radical (unpaired) electrons. The second-order valence-corrected chi connectivity index (χ2v) is 6.87. The van der Waals surface area contributed by atoms with E-state index in [1.54, 1.807) is 12.4 Å². The van der Waals surface area contributed by atoms with Crippen molar-refractivity contribution in [2.75, 3.05) is 10.2 Å². The van der Waals surface area contributed by atoms with Gasteiger partial charge in [0.1, 0.15) is 23.8 Å². The highest BCUT2D eigenvalue weighted by Crippen LogP contribution is 2.24. The standard InChI is InChI=1S/C21H18FN7/c1-13(27-20-18-19(24-11-23-18)25-12-26-20)21-28-17-8-3-2-5-14(17)10-29(21)16-7-4-6-15(22)9-16/h2-13,21H,1H3,(H2,23,24,25,26,27). The molecule has 144 valence electrons. The van der Waals surface area contributed by atoms with E-state index in [9.17, 15) is 4.39 Å². The van der Waals surface area contributed by atoms with Crippen molar-refractivity contribution in [1.82, 2.24) is 19.9 Å². The van der Waals surface area contributed by atoms with Gasteiger partial charge in [-0.25, -0.2) is 19.3 Å². The fraction of sp³-hybridized carbons (Fsp3) is 0.143. The minimum atomic E-state index is -0.306. The van der Waals surface area contributed by atoms with E-state index < -0.39 is 0 Å². The maximum absolute atomic E-state index is 13.9. The lowest BCUT2D eigenvalue weighted by atomic mass is 10.1.